The molecule has 2 aromatic heterocycles. The van der Waals surface area contributed by atoms with Gasteiger partial charge in [0.15, 0.2) is 0 Å². The van der Waals surface area contributed by atoms with Crippen molar-refractivity contribution in [3.05, 3.63) is 47.5 Å². The summed E-state index contributed by atoms with van der Waals surface area (Å²) in [5.41, 5.74) is 5.24. The molecule has 0 saturated carbocycles. The molecule has 0 bridgehead atoms. The summed E-state index contributed by atoms with van der Waals surface area (Å²) in [6.07, 6.45) is 0. The van der Waals surface area contributed by atoms with E-state index in [1.54, 1.807) is 22.7 Å². The second kappa shape index (κ2) is 7.28. The Balaban J connectivity index is 2.18. The number of thiophene rings is 2. The molecule has 0 unspecified atom stereocenters. The van der Waals surface area contributed by atoms with E-state index in [0.717, 1.165) is 19.7 Å². The Morgan fingerprint density at radius 1 is 0.727 bits per heavy atom. The van der Waals surface area contributed by atoms with E-state index in [1.807, 2.05) is 0 Å². The zero-order chi connectivity index (χ0) is 15.7. The van der Waals surface area contributed by atoms with Crippen LogP contribution in [-0.2, 0) is 10.7 Å². The summed E-state index contributed by atoms with van der Waals surface area (Å²) in [6, 6.07) is 13.2. The summed E-state index contributed by atoms with van der Waals surface area (Å²) in [5.74, 6) is 0. The normalized spacial score (nSPS) is 11.1. The van der Waals surface area contributed by atoms with E-state index < -0.39 is 0 Å². The van der Waals surface area contributed by atoms with Crippen LogP contribution >= 0.6 is 54.5 Å². The van der Waals surface area contributed by atoms with Crippen LogP contribution in [0.15, 0.2) is 36.4 Å². The highest BCUT2D eigenvalue weighted by molar-refractivity contribution is 9.08. The van der Waals surface area contributed by atoms with Crippen molar-refractivity contribution in [2.24, 2.45) is 0 Å². The predicted octanol–water partition coefficient (Wildman–Crippen LogP) is 4.52. The molecule has 0 aliphatic rings. The Morgan fingerprint density at radius 2 is 1.14 bits per heavy atom. The maximum Gasteiger partial charge on any atom is 0.0864 e. The molecule has 0 aliphatic carbocycles. The fourth-order valence-corrected chi connectivity index (χ4v) is 5.71. The van der Waals surface area contributed by atoms with Crippen molar-refractivity contribution < 1.29 is 0 Å². The van der Waals surface area contributed by atoms with Gasteiger partial charge in [0.25, 0.3) is 0 Å². The van der Waals surface area contributed by atoms with Crippen LogP contribution in [0.4, 0.5) is 0 Å². The predicted molar refractivity (Wildman–Crippen MR) is 109 cm³/mol. The molecule has 6 heteroatoms. The van der Waals surface area contributed by atoms with E-state index in [1.165, 1.54) is 32.0 Å². The van der Waals surface area contributed by atoms with E-state index >= 15 is 0 Å². The minimum absolute atomic E-state index is 0.846. The zero-order valence-corrected chi connectivity index (χ0v) is 18.3. The van der Waals surface area contributed by atoms with Gasteiger partial charge < -0.3 is 0 Å². The number of rotatable bonds is 4. The van der Waals surface area contributed by atoms with E-state index in [0.29, 0.717) is 0 Å². The van der Waals surface area contributed by atoms with E-state index in [2.05, 4.69) is 88.7 Å². The van der Waals surface area contributed by atoms with Gasteiger partial charge in [0.1, 0.15) is 0 Å². The summed E-state index contributed by atoms with van der Waals surface area (Å²) in [4.78, 5) is 2.58. The van der Waals surface area contributed by atoms with Gasteiger partial charge in [0.05, 0.1) is 20.5 Å². The monoisotopic (exact) mass is 480 g/mol. The first kappa shape index (κ1) is 16.9. The first-order valence-electron chi connectivity index (χ1n) is 6.53. The molecule has 1 aromatic carbocycles. The summed E-state index contributed by atoms with van der Waals surface area (Å²) < 4.78 is 2.31. The van der Waals surface area contributed by atoms with Crippen molar-refractivity contribution in [3.63, 3.8) is 0 Å². The standard InChI is InChI=1S/C16H10Br2S2Si2/c17-7-9-6-12(14-2-4-16(22)20-14)10(8-18)5-11(9)13-1-3-15(21)19-13/h1-6H,7-8H2. The van der Waals surface area contributed by atoms with Crippen LogP contribution in [0.3, 0.4) is 0 Å². The van der Waals surface area contributed by atoms with E-state index in [-0.39, 0.29) is 0 Å². The second-order valence-electron chi connectivity index (χ2n) is 4.76. The van der Waals surface area contributed by atoms with Crippen LogP contribution < -0.4 is 9.00 Å². The molecule has 3 aromatic rings. The molecule has 2 heterocycles. The van der Waals surface area contributed by atoms with Crippen molar-refractivity contribution in [2.75, 3.05) is 0 Å². The van der Waals surface area contributed by atoms with Crippen LogP contribution in [0.1, 0.15) is 11.1 Å². The molecule has 0 atom stereocenters. The van der Waals surface area contributed by atoms with Gasteiger partial charge in [-0.25, -0.2) is 0 Å². The lowest BCUT2D eigenvalue weighted by molar-refractivity contribution is 1.37. The minimum atomic E-state index is 0.846. The van der Waals surface area contributed by atoms with Gasteiger partial charge in [-0.2, -0.15) is 0 Å². The lowest BCUT2D eigenvalue weighted by Crippen LogP contribution is -1.93. The highest BCUT2D eigenvalue weighted by Gasteiger charge is 2.14. The molecule has 6 radical (unpaired) electrons. The second-order valence-corrected chi connectivity index (χ2v) is 9.85. The lowest BCUT2D eigenvalue weighted by atomic mass is 9.98. The molecule has 0 fully saturated rings. The van der Waals surface area contributed by atoms with Crippen LogP contribution in [0, 0.1) is 0 Å². The summed E-state index contributed by atoms with van der Waals surface area (Å²) in [5, 5.41) is 1.69. The van der Waals surface area contributed by atoms with Crippen LogP contribution in [0.2, 0.25) is 0 Å². The highest BCUT2D eigenvalue weighted by atomic mass is 79.9. The van der Waals surface area contributed by atoms with Gasteiger partial charge in [0, 0.05) is 20.4 Å². The zero-order valence-electron chi connectivity index (χ0n) is 11.5. The average Bonchev–Trinajstić information content (AvgIpc) is 3.14. The first-order valence-corrected chi connectivity index (χ1v) is 11.4. The van der Waals surface area contributed by atoms with Gasteiger partial charge in [-0.1, -0.05) is 44.0 Å². The van der Waals surface area contributed by atoms with Gasteiger partial charge in [-0.15, -0.1) is 22.7 Å². The molecule has 3 rings (SSSR count). The summed E-state index contributed by atoms with van der Waals surface area (Å²) in [6.45, 7) is 0. The first-order chi connectivity index (χ1) is 10.6. The molecule has 108 valence electrons. The van der Waals surface area contributed by atoms with Crippen LogP contribution in [-0.4, -0.2) is 20.5 Å². The number of hydrogen-bond donors (Lipinski definition) is 0. The van der Waals surface area contributed by atoms with Crippen LogP contribution in [0.25, 0.3) is 20.9 Å². The maximum absolute atomic E-state index is 3.65. The molecule has 0 amide bonds. The number of hydrogen-bond acceptors (Lipinski definition) is 2. The van der Waals surface area contributed by atoms with Gasteiger partial charge in [-0.3, -0.25) is 0 Å². The Kier molecular flexibility index (Phi) is 5.57. The summed E-state index contributed by atoms with van der Waals surface area (Å²) >= 11 is 10.8. The average molecular weight is 482 g/mol. The molecule has 0 N–H and O–H groups in total. The largest absolute Gasteiger partial charge is 0.146 e. The number of benzene rings is 1. The van der Waals surface area contributed by atoms with Gasteiger partial charge >= 0.3 is 0 Å². The fraction of sp³-hybridized carbons (Fsp3) is 0.125. The SMILES string of the molecule is [Si]c1ccc(-c2cc(CBr)c(-c3ccc([Si])s3)cc2CBr)s1. The van der Waals surface area contributed by atoms with Crippen molar-refractivity contribution in [3.8, 4) is 20.9 Å². The summed E-state index contributed by atoms with van der Waals surface area (Å²) in [7, 11) is 7.22. The smallest absolute Gasteiger partial charge is 0.0864 e. The number of alkyl halides is 2. The van der Waals surface area contributed by atoms with Gasteiger partial charge in [-0.05, 0) is 55.5 Å². The fourth-order valence-electron chi connectivity index (χ4n) is 2.33. The van der Waals surface area contributed by atoms with E-state index in [9.17, 15) is 0 Å². The molecule has 22 heavy (non-hydrogen) atoms. The molecular formula is C16H10Br2S2Si2. The highest BCUT2D eigenvalue weighted by Crippen LogP contribution is 2.37. The Labute approximate surface area is 162 Å². The lowest BCUT2D eigenvalue weighted by Gasteiger charge is -2.13. The maximum atomic E-state index is 3.65. The minimum Gasteiger partial charge on any atom is -0.146 e. The Morgan fingerprint density at radius 3 is 1.41 bits per heavy atom. The Bertz CT molecular complexity index is 740. The topological polar surface area (TPSA) is 0 Å². The third-order valence-corrected chi connectivity index (χ3v) is 7.38. The van der Waals surface area contributed by atoms with Gasteiger partial charge in [0.2, 0.25) is 0 Å². The third-order valence-electron chi connectivity index (χ3n) is 3.36. The molecule has 0 aliphatic heterocycles. The molecule has 0 spiro atoms. The van der Waals surface area contributed by atoms with Crippen molar-refractivity contribution in [1.82, 2.24) is 0 Å². The van der Waals surface area contributed by atoms with Crippen molar-refractivity contribution in [1.29, 1.82) is 0 Å². The third kappa shape index (κ3) is 3.42. The van der Waals surface area contributed by atoms with Crippen molar-refractivity contribution in [2.45, 2.75) is 10.7 Å². The quantitative estimate of drug-likeness (QED) is 0.379. The number of halogens is 2. The Hall–Kier alpha value is 0.0138. The molecule has 0 saturated heterocycles. The molecule has 0 nitrogen and oxygen atoms in total. The van der Waals surface area contributed by atoms with E-state index in [4.69, 9.17) is 0 Å². The van der Waals surface area contributed by atoms with Crippen LogP contribution in [0.5, 0.6) is 0 Å². The van der Waals surface area contributed by atoms with Crippen molar-refractivity contribution >= 4 is 84.0 Å². The molecular weight excluding hydrogens is 472 g/mol.